The maximum absolute atomic E-state index is 13.3. The Morgan fingerprint density at radius 1 is 1.56 bits per heavy atom. The average Bonchev–Trinajstić information content (AvgIpc) is 2.88. The summed E-state index contributed by atoms with van der Waals surface area (Å²) < 4.78 is 19.5. The van der Waals surface area contributed by atoms with Crippen LogP contribution in [0.5, 0.6) is 0 Å². The monoisotopic (exact) mass is 316 g/mol. The van der Waals surface area contributed by atoms with Crippen LogP contribution in [0.25, 0.3) is 0 Å². The number of benzene rings is 1. The van der Waals surface area contributed by atoms with Crippen molar-refractivity contribution in [1.29, 1.82) is 0 Å². The first-order chi connectivity index (χ1) is 8.55. The number of rotatable bonds is 4. The third-order valence-corrected chi connectivity index (χ3v) is 4.58. The Hall–Kier alpha value is -0.450. The Bertz CT molecular complexity index is 418. The summed E-state index contributed by atoms with van der Waals surface area (Å²) in [5.74, 6) is -0.132. The first-order valence-electron chi connectivity index (χ1n) is 6.29. The van der Waals surface area contributed by atoms with Gasteiger partial charge in [-0.05, 0) is 36.6 Å². The summed E-state index contributed by atoms with van der Waals surface area (Å²) in [4.78, 5) is 0. The summed E-state index contributed by atoms with van der Waals surface area (Å²) in [5, 5.41) is 10.8. The van der Waals surface area contributed by atoms with Gasteiger partial charge in [0.25, 0.3) is 0 Å². The Morgan fingerprint density at radius 3 is 2.94 bits per heavy atom. The van der Waals surface area contributed by atoms with Gasteiger partial charge in [0.2, 0.25) is 0 Å². The van der Waals surface area contributed by atoms with Crippen molar-refractivity contribution in [1.82, 2.24) is 0 Å². The summed E-state index contributed by atoms with van der Waals surface area (Å²) >= 11 is 3.41. The summed E-state index contributed by atoms with van der Waals surface area (Å²) in [5.41, 5.74) is -0.00134. The maximum atomic E-state index is 13.3. The van der Waals surface area contributed by atoms with Crippen molar-refractivity contribution in [3.63, 3.8) is 0 Å². The largest absolute Gasteiger partial charge is 0.389 e. The predicted octanol–water partition coefficient (Wildman–Crippen LogP) is 3.31. The van der Waals surface area contributed by atoms with Crippen LogP contribution in [-0.2, 0) is 11.2 Å². The van der Waals surface area contributed by atoms with Gasteiger partial charge in [-0.25, -0.2) is 4.39 Å². The molecular weight excluding hydrogens is 299 g/mol. The van der Waals surface area contributed by atoms with E-state index in [1.54, 1.807) is 6.07 Å². The lowest BCUT2D eigenvalue weighted by Gasteiger charge is -2.32. The number of hydrogen-bond donors (Lipinski definition) is 1. The zero-order valence-electron chi connectivity index (χ0n) is 10.5. The van der Waals surface area contributed by atoms with Crippen molar-refractivity contribution in [3.8, 4) is 0 Å². The van der Waals surface area contributed by atoms with E-state index in [1.165, 1.54) is 12.1 Å². The predicted molar refractivity (Wildman–Crippen MR) is 72.0 cm³/mol. The molecule has 0 bridgehead atoms. The Labute approximate surface area is 115 Å². The van der Waals surface area contributed by atoms with Crippen LogP contribution in [0.15, 0.2) is 22.7 Å². The molecule has 2 nitrogen and oxygen atoms in total. The van der Waals surface area contributed by atoms with Crippen LogP contribution in [0.4, 0.5) is 4.39 Å². The van der Waals surface area contributed by atoms with Gasteiger partial charge >= 0.3 is 0 Å². The highest BCUT2D eigenvalue weighted by atomic mass is 79.9. The summed E-state index contributed by atoms with van der Waals surface area (Å²) in [6.45, 7) is 3.26. The molecule has 1 aromatic rings. The van der Waals surface area contributed by atoms with Crippen LogP contribution in [0.2, 0.25) is 0 Å². The molecule has 2 rings (SSSR count). The van der Waals surface area contributed by atoms with E-state index in [4.69, 9.17) is 4.74 Å². The smallest absolute Gasteiger partial charge is 0.123 e. The van der Waals surface area contributed by atoms with E-state index in [2.05, 4.69) is 15.9 Å². The van der Waals surface area contributed by atoms with Gasteiger partial charge in [0.05, 0.1) is 12.2 Å². The van der Waals surface area contributed by atoms with Gasteiger partial charge < -0.3 is 9.84 Å². The second-order valence-corrected chi connectivity index (χ2v) is 5.78. The first kappa shape index (κ1) is 14.0. The average molecular weight is 317 g/mol. The second-order valence-electron chi connectivity index (χ2n) is 4.93. The van der Waals surface area contributed by atoms with Crippen molar-refractivity contribution < 1.29 is 14.2 Å². The summed E-state index contributed by atoms with van der Waals surface area (Å²) in [6, 6.07) is 4.59. The normalized spacial score (nSPS) is 23.0. The molecule has 1 fully saturated rings. The van der Waals surface area contributed by atoms with Gasteiger partial charge in [0.15, 0.2) is 0 Å². The standard InChI is InChI=1S/C14H18BrFO2/c1-2-14(17,11-5-6-18-9-11)8-10-7-12(16)3-4-13(10)15/h3-4,7,11,17H,2,5-6,8-9H2,1H3. The lowest BCUT2D eigenvalue weighted by atomic mass is 9.80. The molecule has 4 heteroatoms. The second kappa shape index (κ2) is 5.68. The zero-order chi connectivity index (χ0) is 13.2. The van der Waals surface area contributed by atoms with Crippen molar-refractivity contribution >= 4 is 15.9 Å². The fourth-order valence-corrected chi connectivity index (χ4v) is 2.91. The number of aliphatic hydroxyl groups is 1. The molecule has 1 heterocycles. The highest BCUT2D eigenvalue weighted by Crippen LogP contribution is 2.34. The molecule has 1 saturated heterocycles. The lowest BCUT2D eigenvalue weighted by molar-refractivity contribution is -0.0250. The van der Waals surface area contributed by atoms with E-state index < -0.39 is 5.60 Å². The van der Waals surface area contributed by atoms with Gasteiger partial charge in [-0.2, -0.15) is 0 Å². The first-order valence-corrected chi connectivity index (χ1v) is 7.08. The number of halogens is 2. The van der Waals surface area contributed by atoms with Crippen LogP contribution >= 0.6 is 15.9 Å². The molecule has 1 aliphatic heterocycles. The highest BCUT2D eigenvalue weighted by Gasteiger charge is 2.37. The molecule has 100 valence electrons. The molecule has 2 atom stereocenters. The minimum Gasteiger partial charge on any atom is -0.389 e. The molecule has 1 aromatic carbocycles. The van der Waals surface area contributed by atoms with Crippen LogP contribution in [0.3, 0.4) is 0 Å². The van der Waals surface area contributed by atoms with E-state index in [0.29, 0.717) is 26.1 Å². The Morgan fingerprint density at radius 2 is 2.33 bits per heavy atom. The third-order valence-electron chi connectivity index (χ3n) is 3.81. The molecule has 0 aliphatic carbocycles. The molecule has 0 saturated carbocycles. The van der Waals surface area contributed by atoms with E-state index in [1.807, 2.05) is 6.92 Å². The lowest BCUT2D eigenvalue weighted by Crippen LogP contribution is -2.40. The van der Waals surface area contributed by atoms with Gasteiger partial charge in [-0.15, -0.1) is 0 Å². The molecule has 0 amide bonds. The Kier molecular flexibility index (Phi) is 4.41. The summed E-state index contributed by atoms with van der Waals surface area (Å²) in [6.07, 6.45) is 1.97. The fraction of sp³-hybridized carbons (Fsp3) is 0.571. The topological polar surface area (TPSA) is 29.5 Å². The van der Waals surface area contributed by atoms with Crippen LogP contribution in [-0.4, -0.2) is 23.9 Å². The van der Waals surface area contributed by atoms with Crippen molar-refractivity contribution in [2.75, 3.05) is 13.2 Å². The van der Waals surface area contributed by atoms with E-state index >= 15 is 0 Å². The van der Waals surface area contributed by atoms with Crippen molar-refractivity contribution in [2.45, 2.75) is 31.8 Å². The van der Waals surface area contributed by atoms with Crippen molar-refractivity contribution in [2.24, 2.45) is 5.92 Å². The number of ether oxygens (including phenoxy) is 1. The maximum Gasteiger partial charge on any atom is 0.123 e. The van der Waals surface area contributed by atoms with Crippen molar-refractivity contribution in [3.05, 3.63) is 34.1 Å². The molecular formula is C14H18BrFO2. The van der Waals surface area contributed by atoms with Gasteiger partial charge in [-0.1, -0.05) is 22.9 Å². The Balaban J connectivity index is 2.21. The highest BCUT2D eigenvalue weighted by molar-refractivity contribution is 9.10. The molecule has 1 N–H and O–H groups in total. The van der Waals surface area contributed by atoms with Gasteiger partial charge in [-0.3, -0.25) is 0 Å². The van der Waals surface area contributed by atoms with Crippen LogP contribution in [0.1, 0.15) is 25.3 Å². The van der Waals surface area contributed by atoms with E-state index in [-0.39, 0.29) is 11.7 Å². The summed E-state index contributed by atoms with van der Waals surface area (Å²) in [7, 11) is 0. The molecule has 0 aromatic heterocycles. The van der Waals surface area contributed by atoms with Gasteiger partial charge in [0.1, 0.15) is 5.82 Å². The third kappa shape index (κ3) is 2.92. The number of hydrogen-bond acceptors (Lipinski definition) is 2. The van der Waals surface area contributed by atoms with Gasteiger partial charge in [0, 0.05) is 23.4 Å². The van der Waals surface area contributed by atoms with Crippen LogP contribution in [0, 0.1) is 11.7 Å². The zero-order valence-corrected chi connectivity index (χ0v) is 12.0. The molecule has 1 aliphatic rings. The van der Waals surface area contributed by atoms with Crippen LogP contribution < -0.4 is 0 Å². The minimum absolute atomic E-state index is 0.137. The molecule has 18 heavy (non-hydrogen) atoms. The molecule has 0 spiro atoms. The van der Waals surface area contributed by atoms with E-state index in [0.717, 1.165) is 16.5 Å². The SMILES string of the molecule is CCC(O)(Cc1cc(F)ccc1Br)C1CCOC1. The quantitative estimate of drug-likeness (QED) is 0.923. The molecule has 0 radical (unpaired) electrons. The van der Waals surface area contributed by atoms with E-state index in [9.17, 15) is 9.50 Å². The fourth-order valence-electron chi connectivity index (χ4n) is 2.52. The minimum atomic E-state index is -0.813. The molecule has 2 unspecified atom stereocenters.